The second-order valence-electron chi connectivity index (χ2n) is 5.94. The minimum atomic E-state index is -4.56. The largest absolute Gasteiger partial charge is 0.473 e. The number of halogens is 3. The van der Waals surface area contributed by atoms with E-state index in [2.05, 4.69) is 15.3 Å². The molecule has 28 heavy (non-hydrogen) atoms. The molecule has 0 fully saturated rings. The second kappa shape index (κ2) is 8.08. The molecule has 1 N–H and O–H groups in total. The Morgan fingerprint density at radius 2 is 1.82 bits per heavy atom. The minimum absolute atomic E-state index is 0.0110. The number of carbonyl (C=O) groups is 1. The molecule has 1 aromatic carbocycles. The number of rotatable bonds is 5. The summed E-state index contributed by atoms with van der Waals surface area (Å²) in [4.78, 5) is 19.9. The molecule has 1 amide bonds. The van der Waals surface area contributed by atoms with Crippen LogP contribution in [0.2, 0.25) is 0 Å². The number of aromatic nitrogens is 2. The molecule has 3 aromatic rings. The van der Waals surface area contributed by atoms with Crippen LogP contribution >= 0.6 is 0 Å². The maximum atomic E-state index is 12.7. The number of carbonyl (C=O) groups excluding carboxylic acids is 1. The van der Waals surface area contributed by atoms with E-state index in [0.29, 0.717) is 18.2 Å². The highest BCUT2D eigenvalue weighted by Gasteiger charge is 2.33. The smallest absolute Gasteiger partial charge is 0.433 e. The molecule has 0 saturated carbocycles. The number of amides is 1. The van der Waals surface area contributed by atoms with Crippen molar-refractivity contribution >= 4 is 11.6 Å². The molecule has 0 bridgehead atoms. The zero-order chi connectivity index (χ0) is 20.1. The number of alkyl halides is 3. The Labute approximate surface area is 159 Å². The van der Waals surface area contributed by atoms with Crippen molar-refractivity contribution in [2.45, 2.75) is 19.7 Å². The van der Waals surface area contributed by atoms with Gasteiger partial charge in [-0.25, -0.2) is 9.97 Å². The lowest BCUT2D eigenvalue weighted by Gasteiger charge is -2.11. The molecule has 8 heteroatoms. The highest BCUT2D eigenvalue weighted by atomic mass is 19.4. The standard InChI is InChI=1S/C20H16F3N3O2/c1-13-16(8-9-17(25-13)20(21,22)23)19(27)26-15-7-10-18(24-11-15)28-12-14-5-3-2-4-6-14/h2-11H,12H2,1H3,(H,26,27). The van der Waals surface area contributed by atoms with Crippen LogP contribution < -0.4 is 10.1 Å². The number of hydrogen-bond acceptors (Lipinski definition) is 4. The highest BCUT2D eigenvalue weighted by molar-refractivity contribution is 6.04. The van der Waals surface area contributed by atoms with Gasteiger partial charge in [0, 0.05) is 6.07 Å². The molecule has 0 radical (unpaired) electrons. The zero-order valence-corrected chi connectivity index (χ0v) is 14.8. The summed E-state index contributed by atoms with van der Waals surface area (Å²) < 4.78 is 43.6. The SMILES string of the molecule is Cc1nc(C(F)(F)F)ccc1C(=O)Nc1ccc(OCc2ccccc2)nc1. The number of pyridine rings is 2. The lowest BCUT2D eigenvalue weighted by Crippen LogP contribution is -2.16. The van der Waals surface area contributed by atoms with E-state index in [1.54, 1.807) is 12.1 Å². The Morgan fingerprint density at radius 3 is 2.43 bits per heavy atom. The summed E-state index contributed by atoms with van der Waals surface area (Å²) in [5.41, 5.74) is 0.381. The Kier molecular flexibility index (Phi) is 5.58. The van der Waals surface area contributed by atoms with E-state index in [-0.39, 0.29) is 11.3 Å². The van der Waals surface area contributed by atoms with Crippen molar-refractivity contribution < 1.29 is 22.7 Å². The van der Waals surface area contributed by atoms with Gasteiger partial charge in [0.1, 0.15) is 12.3 Å². The maximum Gasteiger partial charge on any atom is 0.433 e. The van der Waals surface area contributed by atoms with Crippen LogP contribution in [0.4, 0.5) is 18.9 Å². The van der Waals surface area contributed by atoms with Crippen LogP contribution in [-0.2, 0) is 12.8 Å². The van der Waals surface area contributed by atoms with Gasteiger partial charge in [-0.2, -0.15) is 13.2 Å². The molecular formula is C20H16F3N3O2. The molecule has 2 heterocycles. The Balaban J connectivity index is 1.63. The van der Waals surface area contributed by atoms with Crippen molar-refractivity contribution in [3.05, 3.63) is 83.3 Å². The van der Waals surface area contributed by atoms with E-state index in [4.69, 9.17) is 4.74 Å². The average molecular weight is 387 g/mol. The molecule has 5 nitrogen and oxygen atoms in total. The second-order valence-corrected chi connectivity index (χ2v) is 5.94. The molecule has 0 aliphatic heterocycles. The van der Waals surface area contributed by atoms with Crippen molar-refractivity contribution in [1.29, 1.82) is 0 Å². The van der Waals surface area contributed by atoms with Crippen LogP contribution in [-0.4, -0.2) is 15.9 Å². The first-order valence-electron chi connectivity index (χ1n) is 8.32. The van der Waals surface area contributed by atoms with E-state index in [1.807, 2.05) is 30.3 Å². The highest BCUT2D eigenvalue weighted by Crippen LogP contribution is 2.28. The van der Waals surface area contributed by atoms with E-state index in [0.717, 1.165) is 17.7 Å². The van der Waals surface area contributed by atoms with Crippen LogP contribution in [0.15, 0.2) is 60.8 Å². The number of hydrogen-bond donors (Lipinski definition) is 1. The van der Waals surface area contributed by atoms with Gasteiger partial charge >= 0.3 is 6.18 Å². The van der Waals surface area contributed by atoms with E-state index < -0.39 is 17.8 Å². The van der Waals surface area contributed by atoms with Gasteiger partial charge < -0.3 is 10.1 Å². The number of aryl methyl sites for hydroxylation is 1. The molecule has 144 valence electrons. The lowest BCUT2D eigenvalue weighted by atomic mass is 10.1. The summed E-state index contributed by atoms with van der Waals surface area (Å²) in [6.45, 7) is 1.71. The van der Waals surface area contributed by atoms with Gasteiger partial charge in [-0.3, -0.25) is 4.79 Å². The van der Waals surface area contributed by atoms with Gasteiger partial charge in [0.2, 0.25) is 5.88 Å². The van der Waals surface area contributed by atoms with Crippen LogP contribution in [0.3, 0.4) is 0 Å². The summed E-state index contributed by atoms with van der Waals surface area (Å²) in [6.07, 6.45) is -3.15. The van der Waals surface area contributed by atoms with E-state index >= 15 is 0 Å². The van der Waals surface area contributed by atoms with Gasteiger partial charge in [-0.15, -0.1) is 0 Å². The van der Waals surface area contributed by atoms with Gasteiger partial charge in [0.05, 0.1) is 23.1 Å². The molecule has 0 aliphatic carbocycles. The van der Waals surface area contributed by atoms with E-state index in [9.17, 15) is 18.0 Å². The average Bonchev–Trinajstić information content (AvgIpc) is 2.67. The van der Waals surface area contributed by atoms with Gasteiger partial charge in [-0.1, -0.05) is 30.3 Å². The normalized spacial score (nSPS) is 11.1. The summed E-state index contributed by atoms with van der Waals surface area (Å²) in [7, 11) is 0. The summed E-state index contributed by atoms with van der Waals surface area (Å²) >= 11 is 0. The monoisotopic (exact) mass is 387 g/mol. The van der Waals surface area contributed by atoms with Gasteiger partial charge in [0.15, 0.2) is 0 Å². The topological polar surface area (TPSA) is 64.1 Å². The predicted octanol–water partition coefficient (Wildman–Crippen LogP) is 4.64. The number of ether oxygens (including phenoxy) is 1. The molecule has 0 saturated heterocycles. The van der Waals surface area contributed by atoms with Crippen LogP contribution in [0.25, 0.3) is 0 Å². The van der Waals surface area contributed by atoms with Crippen molar-refractivity contribution in [2.24, 2.45) is 0 Å². The lowest BCUT2D eigenvalue weighted by molar-refractivity contribution is -0.141. The number of anilines is 1. The first-order chi connectivity index (χ1) is 13.3. The molecule has 0 unspecified atom stereocenters. The number of benzene rings is 1. The van der Waals surface area contributed by atoms with Crippen molar-refractivity contribution in [1.82, 2.24) is 9.97 Å². The van der Waals surface area contributed by atoms with Crippen LogP contribution in [0, 0.1) is 6.92 Å². The third kappa shape index (κ3) is 4.85. The molecule has 0 spiro atoms. The first-order valence-corrected chi connectivity index (χ1v) is 8.32. The van der Waals surface area contributed by atoms with Crippen molar-refractivity contribution in [3.63, 3.8) is 0 Å². The van der Waals surface area contributed by atoms with Crippen LogP contribution in [0.1, 0.15) is 27.3 Å². The summed E-state index contributed by atoms with van der Waals surface area (Å²) in [5.74, 6) is -0.187. The number of nitrogens with zero attached hydrogens (tertiary/aromatic N) is 2. The Morgan fingerprint density at radius 1 is 1.07 bits per heavy atom. The minimum Gasteiger partial charge on any atom is -0.473 e. The maximum absolute atomic E-state index is 12.7. The Hall–Kier alpha value is -3.42. The van der Waals surface area contributed by atoms with Gasteiger partial charge in [-0.05, 0) is 30.7 Å². The molecule has 3 rings (SSSR count). The zero-order valence-electron chi connectivity index (χ0n) is 14.8. The van der Waals surface area contributed by atoms with Crippen LogP contribution in [0.5, 0.6) is 5.88 Å². The third-order valence-corrected chi connectivity index (χ3v) is 3.84. The fourth-order valence-corrected chi connectivity index (χ4v) is 2.43. The fraction of sp³-hybridized carbons (Fsp3) is 0.150. The third-order valence-electron chi connectivity index (χ3n) is 3.84. The van der Waals surface area contributed by atoms with E-state index in [1.165, 1.54) is 13.1 Å². The molecule has 2 aromatic heterocycles. The number of nitrogens with one attached hydrogen (secondary N) is 1. The quantitative estimate of drug-likeness (QED) is 0.693. The molecular weight excluding hydrogens is 371 g/mol. The van der Waals surface area contributed by atoms with Crippen molar-refractivity contribution in [2.75, 3.05) is 5.32 Å². The van der Waals surface area contributed by atoms with Gasteiger partial charge in [0.25, 0.3) is 5.91 Å². The predicted molar refractivity (Wildman–Crippen MR) is 96.9 cm³/mol. The Bertz CT molecular complexity index is 959. The molecule has 0 atom stereocenters. The summed E-state index contributed by atoms with van der Waals surface area (Å²) in [5, 5.41) is 2.58. The fourth-order valence-electron chi connectivity index (χ4n) is 2.43. The molecule has 0 aliphatic rings. The summed E-state index contributed by atoms with van der Waals surface area (Å²) in [6, 6.07) is 14.6. The van der Waals surface area contributed by atoms with Crippen molar-refractivity contribution in [3.8, 4) is 5.88 Å². The first kappa shape index (κ1) is 19.3.